The van der Waals surface area contributed by atoms with Gasteiger partial charge in [0.1, 0.15) is 5.82 Å². The number of pyridine rings is 1. The second kappa shape index (κ2) is 8.17. The standard InChI is InChI=1S/C22H26FN3O/c23-18-5-3-4-16(14-18)21-11-6-17(15-24-21)22(27)25-19-7-9-20(10-8-19)26-12-1-2-13-26/h3-6,11,14-15,19-20H,1-2,7-10,12-13H2,(H,25,27)/t19-,20-. The number of carbonyl (C=O) groups excluding carboxylic acids is 1. The fourth-order valence-corrected chi connectivity index (χ4v) is 4.31. The summed E-state index contributed by atoms with van der Waals surface area (Å²) < 4.78 is 13.4. The minimum atomic E-state index is -0.291. The quantitative estimate of drug-likeness (QED) is 0.888. The van der Waals surface area contributed by atoms with E-state index in [-0.39, 0.29) is 17.8 Å². The lowest BCUT2D eigenvalue weighted by atomic mass is 9.90. The van der Waals surface area contributed by atoms with Gasteiger partial charge in [-0.25, -0.2) is 4.39 Å². The highest BCUT2D eigenvalue weighted by Crippen LogP contribution is 2.26. The van der Waals surface area contributed by atoms with Crippen LogP contribution in [0.3, 0.4) is 0 Å². The summed E-state index contributed by atoms with van der Waals surface area (Å²) in [5, 5.41) is 3.16. The lowest BCUT2D eigenvalue weighted by Gasteiger charge is -2.34. The van der Waals surface area contributed by atoms with Gasteiger partial charge in [-0.2, -0.15) is 0 Å². The predicted octanol–water partition coefficient (Wildman–Crippen LogP) is 4.02. The van der Waals surface area contributed by atoms with E-state index in [4.69, 9.17) is 0 Å². The molecule has 0 radical (unpaired) electrons. The normalized spacial score (nSPS) is 23.3. The highest BCUT2D eigenvalue weighted by atomic mass is 19.1. The smallest absolute Gasteiger partial charge is 0.253 e. The Morgan fingerprint density at radius 3 is 2.52 bits per heavy atom. The number of rotatable bonds is 4. The maximum absolute atomic E-state index is 13.4. The van der Waals surface area contributed by atoms with Gasteiger partial charge in [0.05, 0.1) is 11.3 Å². The summed E-state index contributed by atoms with van der Waals surface area (Å²) in [6.07, 6.45) is 8.66. The third kappa shape index (κ3) is 4.35. The van der Waals surface area contributed by atoms with Gasteiger partial charge in [-0.05, 0) is 75.9 Å². The number of likely N-dealkylation sites (tertiary alicyclic amines) is 1. The lowest BCUT2D eigenvalue weighted by molar-refractivity contribution is 0.0910. The summed E-state index contributed by atoms with van der Waals surface area (Å²) in [6, 6.07) is 10.8. The SMILES string of the molecule is O=C(N[C@H]1CC[C@H](N2CCCC2)CC1)c1ccc(-c2cccc(F)c2)nc1. The number of aromatic nitrogens is 1. The molecule has 1 aromatic carbocycles. The van der Waals surface area contributed by atoms with Gasteiger partial charge in [0.25, 0.3) is 5.91 Å². The Hall–Kier alpha value is -2.27. The number of nitrogens with zero attached hydrogens (tertiary/aromatic N) is 2. The first kappa shape index (κ1) is 18.1. The third-order valence-electron chi connectivity index (χ3n) is 5.84. The summed E-state index contributed by atoms with van der Waals surface area (Å²) in [4.78, 5) is 19.5. The van der Waals surface area contributed by atoms with Crippen molar-refractivity contribution in [3.63, 3.8) is 0 Å². The van der Waals surface area contributed by atoms with E-state index < -0.39 is 0 Å². The van der Waals surface area contributed by atoms with Crippen molar-refractivity contribution in [3.05, 3.63) is 54.0 Å². The van der Waals surface area contributed by atoms with Gasteiger partial charge in [0.2, 0.25) is 0 Å². The predicted molar refractivity (Wildman–Crippen MR) is 104 cm³/mol. The van der Waals surface area contributed by atoms with Crippen molar-refractivity contribution in [2.24, 2.45) is 0 Å². The number of hydrogen-bond donors (Lipinski definition) is 1. The van der Waals surface area contributed by atoms with Crippen molar-refractivity contribution in [2.75, 3.05) is 13.1 Å². The minimum Gasteiger partial charge on any atom is -0.349 e. The molecule has 0 spiro atoms. The van der Waals surface area contributed by atoms with Gasteiger partial charge in [-0.1, -0.05) is 12.1 Å². The van der Waals surface area contributed by atoms with E-state index in [1.165, 1.54) is 50.9 Å². The van der Waals surface area contributed by atoms with Crippen LogP contribution in [-0.2, 0) is 0 Å². The molecule has 1 aliphatic carbocycles. The van der Waals surface area contributed by atoms with Gasteiger partial charge >= 0.3 is 0 Å². The summed E-state index contributed by atoms with van der Waals surface area (Å²) in [5.41, 5.74) is 1.93. The molecule has 1 N–H and O–H groups in total. The van der Waals surface area contributed by atoms with Gasteiger partial charge in [-0.15, -0.1) is 0 Å². The molecule has 2 aromatic rings. The molecule has 27 heavy (non-hydrogen) atoms. The van der Waals surface area contributed by atoms with Crippen molar-refractivity contribution in [1.29, 1.82) is 0 Å². The van der Waals surface area contributed by atoms with Crippen molar-refractivity contribution >= 4 is 5.91 Å². The number of benzene rings is 1. The Labute approximate surface area is 159 Å². The van der Waals surface area contributed by atoms with Crippen molar-refractivity contribution in [2.45, 2.75) is 50.6 Å². The van der Waals surface area contributed by atoms with Crippen LogP contribution in [0.4, 0.5) is 4.39 Å². The van der Waals surface area contributed by atoms with Crippen LogP contribution in [0.25, 0.3) is 11.3 Å². The number of carbonyl (C=O) groups is 1. The molecular weight excluding hydrogens is 341 g/mol. The molecule has 1 aromatic heterocycles. The second-order valence-corrected chi connectivity index (χ2v) is 7.66. The fourth-order valence-electron chi connectivity index (χ4n) is 4.31. The molecule has 4 rings (SSSR count). The van der Waals surface area contributed by atoms with Gasteiger partial charge < -0.3 is 10.2 Å². The molecule has 1 saturated carbocycles. The van der Waals surface area contributed by atoms with Crippen LogP contribution >= 0.6 is 0 Å². The summed E-state index contributed by atoms with van der Waals surface area (Å²) in [6.45, 7) is 2.48. The number of halogens is 1. The first-order chi connectivity index (χ1) is 13.2. The van der Waals surface area contributed by atoms with E-state index in [2.05, 4.69) is 15.2 Å². The van der Waals surface area contributed by atoms with Gasteiger partial charge in [-0.3, -0.25) is 9.78 Å². The van der Waals surface area contributed by atoms with E-state index in [1.54, 1.807) is 24.4 Å². The van der Waals surface area contributed by atoms with Gasteiger partial charge in [0.15, 0.2) is 0 Å². The van der Waals surface area contributed by atoms with Crippen LogP contribution in [0.15, 0.2) is 42.6 Å². The Kier molecular flexibility index (Phi) is 5.48. The maximum Gasteiger partial charge on any atom is 0.253 e. The Morgan fingerprint density at radius 2 is 1.85 bits per heavy atom. The van der Waals surface area contributed by atoms with Crippen molar-refractivity contribution in [1.82, 2.24) is 15.2 Å². The molecule has 1 amide bonds. The Morgan fingerprint density at radius 1 is 1.07 bits per heavy atom. The fraction of sp³-hybridized carbons (Fsp3) is 0.455. The third-order valence-corrected chi connectivity index (χ3v) is 5.84. The van der Waals surface area contributed by atoms with E-state index in [9.17, 15) is 9.18 Å². The minimum absolute atomic E-state index is 0.0714. The number of hydrogen-bond acceptors (Lipinski definition) is 3. The van der Waals surface area contributed by atoms with E-state index >= 15 is 0 Å². The molecule has 142 valence electrons. The molecule has 2 heterocycles. The molecule has 5 heteroatoms. The number of nitrogens with one attached hydrogen (secondary N) is 1. The average molecular weight is 367 g/mol. The molecule has 2 fully saturated rings. The van der Waals surface area contributed by atoms with E-state index in [0.29, 0.717) is 22.9 Å². The highest BCUT2D eigenvalue weighted by Gasteiger charge is 2.28. The number of amides is 1. The highest BCUT2D eigenvalue weighted by molar-refractivity contribution is 5.94. The first-order valence-corrected chi connectivity index (χ1v) is 9.96. The molecule has 1 saturated heterocycles. The van der Waals surface area contributed by atoms with Crippen molar-refractivity contribution in [3.8, 4) is 11.3 Å². The monoisotopic (exact) mass is 367 g/mol. The summed E-state index contributed by atoms with van der Waals surface area (Å²) in [5.74, 6) is -0.362. The Balaban J connectivity index is 1.32. The molecule has 0 bridgehead atoms. The van der Waals surface area contributed by atoms with Crippen LogP contribution in [0, 0.1) is 5.82 Å². The largest absolute Gasteiger partial charge is 0.349 e. The topological polar surface area (TPSA) is 45.2 Å². The zero-order valence-corrected chi connectivity index (χ0v) is 15.5. The second-order valence-electron chi connectivity index (χ2n) is 7.66. The molecule has 4 nitrogen and oxygen atoms in total. The van der Waals surface area contributed by atoms with Crippen LogP contribution in [0.5, 0.6) is 0 Å². The zero-order valence-electron chi connectivity index (χ0n) is 15.5. The van der Waals surface area contributed by atoms with Crippen LogP contribution in [0.2, 0.25) is 0 Å². The van der Waals surface area contributed by atoms with E-state index in [1.807, 2.05) is 6.07 Å². The maximum atomic E-state index is 13.4. The van der Waals surface area contributed by atoms with E-state index in [0.717, 1.165) is 12.8 Å². The molecule has 2 aliphatic rings. The molecular formula is C22H26FN3O. The molecule has 1 aliphatic heterocycles. The van der Waals surface area contributed by atoms with Crippen molar-refractivity contribution < 1.29 is 9.18 Å². The van der Waals surface area contributed by atoms with Gasteiger partial charge in [0, 0.05) is 23.8 Å². The zero-order chi connectivity index (χ0) is 18.6. The summed E-state index contributed by atoms with van der Waals surface area (Å²) in [7, 11) is 0. The van der Waals surface area contributed by atoms with Crippen LogP contribution in [0.1, 0.15) is 48.9 Å². The molecule has 0 atom stereocenters. The Bertz CT molecular complexity index is 778. The van der Waals surface area contributed by atoms with Crippen LogP contribution < -0.4 is 5.32 Å². The lowest BCUT2D eigenvalue weighted by Crippen LogP contribution is -2.43. The first-order valence-electron chi connectivity index (χ1n) is 9.96. The van der Waals surface area contributed by atoms with Crippen LogP contribution in [-0.4, -0.2) is 41.0 Å². The molecule has 0 unspecified atom stereocenters. The average Bonchev–Trinajstić information content (AvgIpc) is 3.23. The summed E-state index contributed by atoms with van der Waals surface area (Å²) >= 11 is 0.